The lowest BCUT2D eigenvalue weighted by Gasteiger charge is -2.17. The van der Waals surface area contributed by atoms with Gasteiger partial charge in [0.05, 0.1) is 6.42 Å². The predicted molar refractivity (Wildman–Crippen MR) is 74.1 cm³/mol. The van der Waals surface area contributed by atoms with E-state index in [-0.39, 0.29) is 24.7 Å². The molecule has 112 valence electrons. The van der Waals surface area contributed by atoms with Crippen molar-refractivity contribution in [3.05, 3.63) is 23.3 Å². The molecule has 0 aliphatic heterocycles. The molecule has 0 bridgehead atoms. The van der Waals surface area contributed by atoms with Crippen molar-refractivity contribution in [3.8, 4) is 0 Å². The number of fused-ring (bicyclic) bond motifs is 1. The molecule has 0 aromatic carbocycles. The average Bonchev–Trinajstić information content (AvgIpc) is 2.83. The van der Waals surface area contributed by atoms with E-state index in [1.165, 1.54) is 9.42 Å². The van der Waals surface area contributed by atoms with Crippen LogP contribution in [0.5, 0.6) is 0 Å². The summed E-state index contributed by atoms with van der Waals surface area (Å²) >= 11 is 0. The van der Waals surface area contributed by atoms with Gasteiger partial charge in [-0.2, -0.15) is 4.98 Å². The molecule has 0 atom stereocenters. The van der Waals surface area contributed by atoms with Crippen molar-refractivity contribution in [1.82, 2.24) is 24.5 Å². The van der Waals surface area contributed by atoms with Crippen LogP contribution < -0.4 is 0 Å². The van der Waals surface area contributed by atoms with Gasteiger partial charge in [-0.15, -0.1) is 5.10 Å². The average molecular weight is 291 g/mol. The molecule has 0 fully saturated rings. The van der Waals surface area contributed by atoms with E-state index in [4.69, 9.17) is 5.11 Å². The Kier molecular flexibility index (Phi) is 4.15. The Morgan fingerprint density at radius 3 is 2.67 bits per heavy atom. The molecule has 2 aromatic rings. The molecule has 0 aliphatic carbocycles. The maximum Gasteiger partial charge on any atom is 0.305 e. The number of carboxylic acid groups (broad SMARTS) is 1. The number of hydrogen-bond donors (Lipinski definition) is 1. The Morgan fingerprint density at radius 1 is 1.33 bits per heavy atom. The number of aliphatic carboxylic acids is 1. The number of nitrogens with zero attached hydrogens (tertiary/aromatic N) is 5. The molecule has 8 heteroatoms. The van der Waals surface area contributed by atoms with E-state index in [0.717, 1.165) is 11.4 Å². The second-order valence-corrected chi connectivity index (χ2v) is 4.71. The Hall–Kier alpha value is -2.51. The Morgan fingerprint density at radius 2 is 2.05 bits per heavy atom. The summed E-state index contributed by atoms with van der Waals surface area (Å²) in [5.74, 6) is -0.938. The number of carbonyl (C=O) groups excluding carboxylic acids is 1. The number of rotatable bonds is 5. The first-order valence-electron chi connectivity index (χ1n) is 6.64. The summed E-state index contributed by atoms with van der Waals surface area (Å²) in [5.41, 5.74) is 1.63. The van der Waals surface area contributed by atoms with Gasteiger partial charge in [0.1, 0.15) is 0 Å². The second-order valence-electron chi connectivity index (χ2n) is 4.71. The van der Waals surface area contributed by atoms with Crippen LogP contribution in [0.2, 0.25) is 0 Å². The topological polar surface area (TPSA) is 101 Å². The molecule has 1 amide bonds. The molecular weight excluding hydrogens is 274 g/mol. The summed E-state index contributed by atoms with van der Waals surface area (Å²) in [6.07, 6.45) is -0.108. The van der Waals surface area contributed by atoms with Crippen LogP contribution in [0.15, 0.2) is 6.07 Å². The molecule has 2 rings (SSSR count). The van der Waals surface area contributed by atoms with Gasteiger partial charge in [-0.05, 0) is 26.8 Å². The highest BCUT2D eigenvalue weighted by Crippen LogP contribution is 2.07. The standard InChI is InChI=1S/C13H17N5O3/c1-4-17(6-5-10(19)20)12(21)11-15-13-14-8(2)7-9(3)18(13)16-11/h7H,4-6H2,1-3H3,(H,19,20). The highest BCUT2D eigenvalue weighted by molar-refractivity contribution is 5.91. The summed E-state index contributed by atoms with van der Waals surface area (Å²) in [6.45, 7) is 6.00. The third kappa shape index (κ3) is 3.15. The molecule has 0 aliphatic rings. The summed E-state index contributed by atoms with van der Waals surface area (Å²) in [7, 11) is 0. The van der Waals surface area contributed by atoms with Crippen molar-refractivity contribution < 1.29 is 14.7 Å². The van der Waals surface area contributed by atoms with E-state index in [1.54, 1.807) is 6.92 Å². The fraction of sp³-hybridized carbons (Fsp3) is 0.462. The highest BCUT2D eigenvalue weighted by atomic mass is 16.4. The van der Waals surface area contributed by atoms with E-state index >= 15 is 0 Å². The van der Waals surface area contributed by atoms with Crippen LogP contribution in [-0.2, 0) is 4.79 Å². The van der Waals surface area contributed by atoms with Gasteiger partial charge in [-0.3, -0.25) is 9.59 Å². The second kappa shape index (κ2) is 5.86. The fourth-order valence-corrected chi connectivity index (χ4v) is 2.03. The number of carbonyl (C=O) groups is 2. The molecule has 0 unspecified atom stereocenters. The fourth-order valence-electron chi connectivity index (χ4n) is 2.03. The third-order valence-corrected chi connectivity index (χ3v) is 3.07. The smallest absolute Gasteiger partial charge is 0.305 e. The first-order valence-corrected chi connectivity index (χ1v) is 6.64. The molecule has 0 radical (unpaired) electrons. The van der Waals surface area contributed by atoms with Crippen molar-refractivity contribution in [2.75, 3.05) is 13.1 Å². The minimum absolute atomic E-state index is 0.0310. The molecule has 2 aromatic heterocycles. The quantitative estimate of drug-likeness (QED) is 0.869. The Labute approximate surface area is 121 Å². The number of aromatic nitrogens is 4. The highest BCUT2D eigenvalue weighted by Gasteiger charge is 2.21. The monoisotopic (exact) mass is 291 g/mol. The van der Waals surface area contributed by atoms with Gasteiger partial charge in [0.15, 0.2) is 0 Å². The normalized spacial score (nSPS) is 10.8. The first kappa shape index (κ1) is 14.9. The zero-order valence-corrected chi connectivity index (χ0v) is 12.2. The lowest BCUT2D eigenvalue weighted by molar-refractivity contribution is -0.137. The number of hydrogen-bond acceptors (Lipinski definition) is 5. The number of amides is 1. The largest absolute Gasteiger partial charge is 0.481 e. The van der Waals surface area contributed by atoms with Gasteiger partial charge in [-0.25, -0.2) is 9.50 Å². The van der Waals surface area contributed by atoms with Crippen molar-refractivity contribution in [1.29, 1.82) is 0 Å². The SMILES string of the molecule is CCN(CCC(=O)O)C(=O)c1nc2nc(C)cc(C)n2n1. The van der Waals surface area contributed by atoms with Crippen LogP contribution in [0.4, 0.5) is 0 Å². The van der Waals surface area contributed by atoms with Crippen LogP contribution in [0.1, 0.15) is 35.4 Å². The summed E-state index contributed by atoms with van der Waals surface area (Å²) in [6, 6.07) is 1.85. The Balaban J connectivity index is 2.29. The van der Waals surface area contributed by atoms with E-state index in [1.807, 2.05) is 19.9 Å². The maximum absolute atomic E-state index is 12.3. The minimum Gasteiger partial charge on any atom is -0.481 e. The molecule has 0 spiro atoms. The van der Waals surface area contributed by atoms with Crippen LogP contribution >= 0.6 is 0 Å². The molecule has 1 N–H and O–H groups in total. The van der Waals surface area contributed by atoms with Crippen LogP contribution in [0.25, 0.3) is 5.78 Å². The van der Waals surface area contributed by atoms with Crippen molar-refractivity contribution in [2.24, 2.45) is 0 Å². The van der Waals surface area contributed by atoms with Gasteiger partial charge in [0.25, 0.3) is 11.7 Å². The summed E-state index contributed by atoms with van der Waals surface area (Å²) in [5, 5.41) is 12.9. The van der Waals surface area contributed by atoms with Crippen LogP contribution in [-0.4, -0.2) is 54.6 Å². The van der Waals surface area contributed by atoms with Gasteiger partial charge in [-0.1, -0.05) is 0 Å². The van der Waals surface area contributed by atoms with E-state index in [9.17, 15) is 9.59 Å². The van der Waals surface area contributed by atoms with Crippen LogP contribution in [0.3, 0.4) is 0 Å². The molecular formula is C13H17N5O3. The molecule has 21 heavy (non-hydrogen) atoms. The molecule has 0 saturated carbocycles. The van der Waals surface area contributed by atoms with Crippen molar-refractivity contribution >= 4 is 17.7 Å². The zero-order valence-electron chi connectivity index (χ0n) is 12.2. The van der Waals surface area contributed by atoms with Crippen molar-refractivity contribution in [3.63, 3.8) is 0 Å². The molecule has 2 heterocycles. The third-order valence-electron chi connectivity index (χ3n) is 3.07. The number of aryl methyl sites for hydroxylation is 2. The first-order chi connectivity index (χ1) is 9.92. The van der Waals surface area contributed by atoms with Crippen molar-refractivity contribution in [2.45, 2.75) is 27.2 Å². The van der Waals surface area contributed by atoms with E-state index in [2.05, 4.69) is 15.1 Å². The van der Waals surface area contributed by atoms with E-state index < -0.39 is 5.97 Å². The van der Waals surface area contributed by atoms with E-state index in [0.29, 0.717) is 12.3 Å². The summed E-state index contributed by atoms with van der Waals surface area (Å²) < 4.78 is 1.51. The number of carboxylic acids is 1. The maximum atomic E-state index is 12.3. The van der Waals surface area contributed by atoms with Gasteiger partial charge < -0.3 is 10.0 Å². The van der Waals surface area contributed by atoms with Gasteiger partial charge in [0.2, 0.25) is 5.82 Å². The van der Waals surface area contributed by atoms with Gasteiger partial charge in [0, 0.05) is 24.5 Å². The Bertz CT molecular complexity index is 694. The van der Waals surface area contributed by atoms with Gasteiger partial charge >= 0.3 is 5.97 Å². The molecule has 8 nitrogen and oxygen atoms in total. The zero-order chi connectivity index (χ0) is 15.6. The lowest BCUT2D eigenvalue weighted by atomic mass is 10.3. The minimum atomic E-state index is -0.947. The predicted octanol–water partition coefficient (Wildman–Crippen LogP) is 0.678. The molecule has 0 saturated heterocycles. The summed E-state index contributed by atoms with van der Waals surface area (Å²) in [4.78, 5) is 32.7. The lowest BCUT2D eigenvalue weighted by Crippen LogP contribution is -2.33. The van der Waals surface area contributed by atoms with Crippen LogP contribution in [0, 0.1) is 13.8 Å².